The molecule has 1 atom stereocenters. The van der Waals surface area contributed by atoms with Gasteiger partial charge >= 0.3 is 0 Å². The fourth-order valence-electron chi connectivity index (χ4n) is 1.55. The van der Waals surface area contributed by atoms with Gasteiger partial charge in [0.25, 0.3) is 0 Å². The van der Waals surface area contributed by atoms with Gasteiger partial charge in [-0.05, 0) is 17.5 Å². The second-order valence-corrected chi connectivity index (χ2v) is 4.75. The highest BCUT2D eigenvalue weighted by Crippen LogP contribution is 2.06. The smallest absolute Gasteiger partial charge is 0.174 e. The van der Waals surface area contributed by atoms with E-state index < -0.39 is 12.0 Å². The molecule has 5 heteroatoms. The van der Waals surface area contributed by atoms with Gasteiger partial charge in [0.15, 0.2) is 13.3 Å². The van der Waals surface area contributed by atoms with Gasteiger partial charge in [-0.3, -0.25) is 0 Å². The number of carbonyl (C=O) groups is 1. The maximum atomic E-state index is 10.6. The maximum Gasteiger partial charge on any atom is 0.174 e. The summed E-state index contributed by atoms with van der Waals surface area (Å²) in [6.07, 6.45) is 3.19. The Morgan fingerprint density at radius 1 is 1.37 bits per heavy atom. The number of carboxylic acids is 1. The third-order valence-corrected chi connectivity index (χ3v) is 3.00. The number of hydrazone groups is 1. The SMILES string of the molecule is CN(C)/[N+](C)=C/Cc1ccc(CC(N)C(=O)[O-])cc1. The van der Waals surface area contributed by atoms with E-state index in [4.69, 9.17) is 5.73 Å². The van der Waals surface area contributed by atoms with Crippen LogP contribution in [0.2, 0.25) is 0 Å². The van der Waals surface area contributed by atoms with E-state index in [2.05, 4.69) is 6.21 Å². The number of hydrogen-bond donors (Lipinski definition) is 1. The molecule has 0 spiro atoms. The van der Waals surface area contributed by atoms with Gasteiger partial charge in [-0.25, -0.2) is 0 Å². The van der Waals surface area contributed by atoms with Crippen LogP contribution in [-0.2, 0) is 17.6 Å². The van der Waals surface area contributed by atoms with E-state index in [-0.39, 0.29) is 0 Å². The van der Waals surface area contributed by atoms with Gasteiger partial charge in [0.2, 0.25) is 0 Å². The Labute approximate surface area is 113 Å². The Morgan fingerprint density at radius 2 is 1.89 bits per heavy atom. The van der Waals surface area contributed by atoms with Crippen LogP contribution in [0.25, 0.3) is 0 Å². The summed E-state index contributed by atoms with van der Waals surface area (Å²) in [7, 11) is 5.93. The van der Waals surface area contributed by atoms with Crippen molar-refractivity contribution in [2.24, 2.45) is 5.73 Å². The zero-order chi connectivity index (χ0) is 14.4. The Bertz CT molecular complexity index is 452. The molecule has 0 saturated heterocycles. The van der Waals surface area contributed by atoms with Gasteiger partial charge in [0.1, 0.15) is 0 Å². The maximum absolute atomic E-state index is 10.6. The van der Waals surface area contributed by atoms with Gasteiger partial charge < -0.3 is 15.6 Å². The van der Waals surface area contributed by atoms with Crippen molar-refractivity contribution in [1.82, 2.24) is 5.01 Å². The number of nitrogens with zero attached hydrogens (tertiary/aromatic N) is 2. The van der Waals surface area contributed by atoms with Crippen molar-refractivity contribution >= 4 is 12.2 Å². The number of rotatable bonds is 6. The molecule has 1 rings (SSSR count). The summed E-state index contributed by atoms with van der Waals surface area (Å²) in [6.45, 7) is 0. The number of benzene rings is 1. The molecule has 0 heterocycles. The van der Waals surface area contributed by atoms with E-state index in [0.29, 0.717) is 6.42 Å². The molecule has 0 fully saturated rings. The Hall–Kier alpha value is -1.88. The summed E-state index contributed by atoms with van der Waals surface area (Å²) in [5, 5.41) is 12.5. The molecule has 0 amide bonds. The van der Waals surface area contributed by atoms with Crippen LogP contribution in [0.4, 0.5) is 0 Å². The van der Waals surface area contributed by atoms with Crippen molar-refractivity contribution in [3.05, 3.63) is 35.4 Å². The van der Waals surface area contributed by atoms with Crippen molar-refractivity contribution in [2.45, 2.75) is 18.9 Å². The fourth-order valence-corrected chi connectivity index (χ4v) is 1.55. The minimum absolute atomic E-state index is 0.296. The highest BCUT2D eigenvalue weighted by atomic mass is 16.4. The van der Waals surface area contributed by atoms with Gasteiger partial charge in [-0.2, -0.15) is 5.01 Å². The van der Waals surface area contributed by atoms with Crippen LogP contribution in [0.1, 0.15) is 11.1 Å². The molecule has 1 aromatic rings. The lowest BCUT2D eigenvalue weighted by Gasteiger charge is -2.12. The quantitative estimate of drug-likeness (QED) is 0.407. The summed E-state index contributed by atoms with van der Waals surface area (Å²) in [5.74, 6) is -1.22. The summed E-state index contributed by atoms with van der Waals surface area (Å²) >= 11 is 0. The molecule has 104 valence electrons. The van der Waals surface area contributed by atoms with Crippen molar-refractivity contribution in [1.29, 1.82) is 0 Å². The van der Waals surface area contributed by atoms with Crippen LogP contribution < -0.4 is 10.8 Å². The van der Waals surface area contributed by atoms with Crippen LogP contribution in [-0.4, -0.2) is 49.1 Å². The van der Waals surface area contributed by atoms with Gasteiger partial charge in [0.05, 0.1) is 26.5 Å². The number of carboxylic acid groups (broad SMARTS) is 1. The summed E-state index contributed by atoms with van der Waals surface area (Å²) < 4.78 is 2.00. The zero-order valence-corrected chi connectivity index (χ0v) is 11.7. The fraction of sp³-hybridized carbons (Fsp3) is 0.429. The molecule has 0 aliphatic rings. The normalized spacial score (nSPS) is 13.2. The molecule has 0 aromatic heterocycles. The van der Waals surface area contributed by atoms with E-state index in [1.54, 1.807) is 0 Å². The zero-order valence-electron chi connectivity index (χ0n) is 11.7. The molecule has 1 unspecified atom stereocenters. The van der Waals surface area contributed by atoms with Crippen LogP contribution in [0.5, 0.6) is 0 Å². The Balaban J connectivity index is 2.62. The Morgan fingerprint density at radius 3 is 2.37 bits per heavy atom. The average molecular weight is 263 g/mol. The lowest BCUT2D eigenvalue weighted by molar-refractivity contribution is -0.652. The number of hydrogen-bond acceptors (Lipinski definition) is 4. The molecule has 2 N–H and O–H groups in total. The van der Waals surface area contributed by atoms with Crippen molar-refractivity contribution in [3.8, 4) is 0 Å². The first-order valence-electron chi connectivity index (χ1n) is 6.18. The standard InChI is InChI=1S/C14H21N3O2/c1-16(2)17(3)9-8-11-4-6-12(7-5-11)10-13(15)14(18)19/h4-7,9,13H,8,10,15H2,1-3H3/b17-9+. The molecule has 19 heavy (non-hydrogen) atoms. The molecule has 0 aliphatic carbocycles. The average Bonchev–Trinajstić information content (AvgIpc) is 2.37. The molecule has 0 radical (unpaired) electrons. The first-order chi connectivity index (χ1) is 8.90. The lowest BCUT2D eigenvalue weighted by Crippen LogP contribution is -2.43. The van der Waals surface area contributed by atoms with Gasteiger partial charge in [0, 0.05) is 6.04 Å². The van der Waals surface area contributed by atoms with Crippen LogP contribution in [0.15, 0.2) is 24.3 Å². The Kier molecular flexibility index (Phi) is 5.51. The summed E-state index contributed by atoms with van der Waals surface area (Å²) in [5.41, 5.74) is 7.51. The highest BCUT2D eigenvalue weighted by molar-refractivity contribution is 5.71. The first kappa shape index (κ1) is 15.2. The third kappa shape index (κ3) is 5.09. The number of nitrogens with two attached hydrogens (primary N) is 1. The number of aliphatic carboxylic acids is 1. The van der Waals surface area contributed by atoms with E-state index >= 15 is 0 Å². The van der Waals surface area contributed by atoms with E-state index in [0.717, 1.165) is 12.0 Å². The van der Waals surface area contributed by atoms with Crippen molar-refractivity contribution < 1.29 is 14.6 Å². The topological polar surface area (TPSA) is 72.4 Å². The highest BCUT2D eigenvalue weighted by Gasteiger charge is 2.05. The third-order valence-electron chi connectivity index (χ3n) is 3.00. The molecule has 0 aliphatic heterocycles. The monoisotopic (exact) mass is 263 g/mol. The van der Waals surface area contributed by atoms with E-state index in [1.165, 1.54) is 5.56 Å². The molecule has 0 saturated carbocycles. The second kappa shape index (κ2) is 6.89. The minimum Gasteiger partial charge on any atom is -0.548 e. The molecular formula is C14H21N3O2. The summed E-state index contributed by atoms with van der Waals surface area (Å²) in [4.78, 5) is 10.6. The van der Waals surface area contributed by atoms with Gasteiger partial charge in [-0.15, -0.1) is 4.68 Å². The van der Waals surface area contributed by atoms with E-state index in [1.807, 2.05) is 55.1 Å². The van der Waals surface area contributed by atoms with Crippen LogP contribution >= 0.6 is 0 Å². The predicted molar refractivity (Wildman–Crippen MR) is 72.8 cm³/mol. The lowest BCUT2D eigenvalue weighted by atomic mass is 10.0. The van der Waals surface area contributed by atoms with Crippen molar-refractivity contribution in [2.75, 3.05) is 21.1 Å². The minimum atomic E-state index is -1.22. The number of carbonyl (C=O) groups excluding carboxylic acids is 1. The van der Waals surface area contributed by atoms with Crippen molar-refractivity contribution in [3.63, 3.8) is 0 Å². The van der Waals surface area contributed by atoms with Crippen LogP contribution in [0, 0.1) is 0 Å². The molecule has 0 bridgehead atoms. The molecule has 1 aromatic carbocycles. The number of hydrazine groups is 1. The molecule has 5 nitrogen and oxygen atoms in total. The van der Waals surface area contributed by atoms with Gasteiger partial charge in [-0.1, -0.05) is 24.3 Å². The van der Waals surface area contributed by atoms with Crippen LogP contribution in [0.3, 0.4) is 0 Å². The predicted octanol–water partition coefficient (Wildman–Crippen LogP) is -0.961. The molecular weight excluding hydrogens is 242 g/mol. The summed E-state index contributed by atoms with van der Waals surface area (Å²) in [6, 6.07) is 6.83. The second-order valence-electron chi connectivity index (χ2n) is 4.75. The largest absolute Gasteiger partial charge is 0.548 e. The first-order valence-corrected chi connectivity index (χ1v) is 6.18. The van der Waals surface area contributed by atoms with E-state index in [9.17, 15) is 9.90 Å².